The van der Waals surface area contributed by atoms with Crippen LogP contribution in [0.2, 0.25) is 0 Å². The lowest BCUT2D eigenvalue weighted by Crippen LogP contribution is -2.48. The van der Waals surface area contributed by atoms with E-state index in [1.165, 1.54) is 25.7 Å². The third kappa shape index (κ3) is 2.99. The van der Waals surface area contributed by atoms with Crippen molar-refractivity contribution in [3.63, 3.8) is 0 Å². The van der Waals surface area contributed by atoms with Gasteiger partial charge in [0.15, 0.2) is 0 Å². The zero-order chi connectivity index (χ0) is 12.3. The van der Waals surface area contributed by atoms with Crippen LogP contribution in [0.3, 0.4) is 0 Å². The molecule has 1 saturated carbocycles. The van der Waals surface area contributed by atoms with Gasteiger partial charge in [-0.1, -0.05) is 25.7 Å². The first-order chi connectivity index (χ1) is 8.18. The SMILES string of the molecule is O=C(O)[C@@H]1CCC(=O)N(C2CCCCCC2)C1. The quantitative estimate of drug-likeness (QED) is 0.750. The van der Waals surface area contributed by atoms with E-state index in [0.29, 0.717) is 25.4 Å². The first-order valence-corrected chi connectivity index (χ1v) is 6.71. The van der Waals surface area contributed by atoms with E-state index < -0.39 is 5.97 Å². The number of amides is 1. The highest BCUT2D eigenvalue weighted by Crippen LogP contribution is 2.27. The lowest BCUT2D eigenvalue weighted by Gasteiger charge is -2.36. The van der Waals surface area contributed by atoms with Crippen LogP contribution >= 0.6 is 0 Å². The third-order valence-corrected chi connectivity index (χ3v) is 4.06. The zero-order valence-corrected chi connectivity index (χ0v) is 10.2. The Labute approximate surface area is 102 Å². The molecule has 2 fully saturated rings. The number of nitrogens with zero attached hydrogens (tertiary/aromatic N) is 1. The molecule has 1 saturated heterocycles. The van der Waals surface area contributed by atoms with Gasteiger partial charge < -0.3 is 10.0 Å². The minimum absolute atomic E-state index is 0.161. The Morgan fingerprint density at radius 2 is 1.76 bits per heavy atom. The van der Waals surface area contributed by atoms with Crippen LogP contribution < -0.4 is 0 Å². The molecule has 0 spiro atoms. The number of likely N-dealkylation sites (tertiary alicyclic amines) is 1. The molecule has 0 bridgehead atoms. The molecule has 1 aliphatic heterocycles. The molecule has 96 valence electrons. The molecule has 1 atom stereocenters. The van der Waals surface area contributed by atoms with Crippen LogP contribution in [0.15, 0.2) is 0 Å². The third-order valence-electron chi connectivity index (χ3n) is 4.06. The molecule has 0 aromatic rings. The van der Waals surface area contributed by atoms with E-state index in [-0.39, 0.29) is 11.8 Å². The molecule has 1 amide bonds. The maximum Gasteiger partial charge on any atom is 0.308 e. The minimum Gasteiger partial charge on any atom is -0.481 e. The summed E-state index contributed by atoms with van der Waals surface area (Å²) in [6.45, 7) is 0.429. The molecule has 17 heavy (non-hydrogen) atoms. The van der Waals surface area contributed by atoms with Crippen LogP contribution in [0.1, 0.15) is 51.4 Å². The summed E-state index contributed by atoms with van der Waals surface area (Å²) in [5, 5.41) is 9.06. The fourth-order valence-electron chi connectivity index (χ4n) is 3.00. The topological polar surface area (TPSA) is 57.6 Å². The largest absolute Gasteiger partial charge is 0.481 e. The van der Waals surface area contributed by atoms with Gasteiger partial charge in [0.2, 0.25) is 5.91 Å². The monoisotopic (exact) mass is 239 g/mol. The molecule has 4 nitrogen and oxygen atoms in total. The van der Waals surface area contributed by atoms with E-state index in [9.17, 15) is 9.59 Å². The van der Waals surface area contributed by atoms with E-state index >= 15 is 0 Å². The van der Waals surface area contributed by atoms with Gasteiger partial charge in [0.1, 0.15) is 0 Å². The molecular weight excluding hydrogens is 218 g/mol. The Hall–Kier alpha value is -1.06. The molecule has 1 N–H and O–H groups in total. The molecule has 2 rings (SSSR count). The van der Waals surface area contributed by atoms with E-state index in [1.807, 2.05) is 4.90 Å². The number of rotatable bonds is 2. The number of carbonyl (C=O) groups excluding carboxylic acids is 1. The molecule has 2 aliphatic rings. The summed E-state index contributed by atoms with van der Waals surface area (Å²) in [6, 6.07) is 0.298. The highest BCUT2D eigenvalue weighted by Gasteiger charge is 2.33. The van der Waals surface area contributed by atoms with Crippen LogP contribution in [0.25, 0.3) is 0 Å². The molecular formula is C13H21NO3. The average molecular weight is 239 g/mol. The molecule has 0 radical (unpaired) electrons. The maximum absolute atomic E-state index is 11.9. The van der Waals surface area contributed by atoms with Gasteiger partial charge in [-0.3, -0.25) is 9.59 Å². The summed E-state index contributed by atoms with van der Waals surface area (Å²) in [5.74, 6) is -0.943. The van der Waals surface area contributed by atoms with Crippen LogP contribution in [0.4, 0.5) is 0 Å². The fraction of sp³-hybridized carbons (Fsp3) is 0.846. The molecule has 1 aliphatic carbocycles. The Kier molecular flexibility index (Phi) is 4.02. The highest BCUT2D eigenvalue weighted by atomic mass is 16.4. The van der Waals surface area contributed by atoms with Crippen molar-refractivity contribution in [2.24, 2.45) is 5.92 Å². The van der Waals surface area contributed by atoms with E-state index in [2.05, 4.69) is 0 Å². The fourth-order valence-corrected chi connectivity index (χ4v) is 3.00. The van der Waals surface area contributed by atoms with Crippen molar-refractivity contribution in [1.82, 2.24) is 4.90 Å². The Morgan fingerprint density at radius 1 is 1.12 bits per heavy atom. The van der Waals surface area contributed by atoms with Gasteiger partial charge in [0, 0.05) is 19.0 Å². The first-order valence-electron chi connectivity index (χ1n) is 6.71. The average Bonchev–Trinajstić information content (AvgIpc) is 2.58. The molecule has 0 aromatic heterocycles. The second-order valence-electron chi connectivity index (χ2n) is 5.27. The molecule has 0 unspecified atom stereocenters. The molecule has 0 aromatic carbocycles. The summed E-state index contributed by atoms with van der Waals surface area (Å²) in [5.41, 5.74) is 0. The summed E-state index contributed by atoms with van der Waals surface area (Å²) in [7, 11) is 0. The van der Waals surface area contributed by atoms with Crippen LogP contribution in [-0.2, 0) is 9.59 Å². The lowest BCUT2D eigenvalue weighted by molar-refractivity contribution is -0.148. The van der Waals surface area contributed by atoms with Gasteiger partial charge in [-0.05, 0) is 19.3 Å². The number of carboxylic acids is 1. The smallest absolute Gasteiger partial charge is 0.308 e. The Morgan fingerprint density at radius 3 is 2.35 bits per heavy atom. The van der Waals surface area contributed by atoms with Crippen molar-refractivity contribution in [3.8, 4) is 0 Å². The van der Waals surface area contributed by atoms with Crippen molar-refractivity contribution >= 4 is 11.9 Å². The second kappa shape index (κ2) is 5.52. The van der Waals surface area contributed by atoms with Gasteiger partial charge >= 0.3 is 5.97 Å². The minimum atomic E-state index is -0.754. The van der Waals surface area contributed by atoms with Gasteiger partial charge in [-0.2, -0.15) is 0 Å². The Balaban J connectivity index is 2.00. The van der Waals surface area contributed by atoms with Crippen molar-refractivity contribution in [3.05, 3.63) is 0 Å². The lowest BCUT2D eigenvalue weighted by atomic mass is 9.94. The van der Waals surface area contributed by atoms with Crippen molar-refractivity contribution in [2.75, 3.05) is 6.54 Å². The van der Waals surface area contributed by atoms with Crippen LogP contribution in [0, 0.1) is 5.92 Å². The van der Waals surface area contributed by atoms with Crippen LogP contribution in [0.5, 0.6) is 0 Å². The predicted molar refractivity (Wildman–Crippen MR) is 63.6 cm³/mol. The van der Waals surface area contributed by atoms with E-state index in [0.717, 1.165) is 12.8 Å². The summed E-state index contributed by atoms with van der Waals surface area (Å²) >= 11 is 0. The highest BCUT2D eigenvalue weighted by molar-refractivity contribution is 5.80. The number of hydrogen-bond donors (Lipinski definition) is 1. The number of carboxylic acid groups (broad SMARTS) is 1. The van der Waals surface area contributed by atoms with Crippen molar-refractivity contribution in [2.45, 2.75) is 57.4 Å². The van der Waals surface area contributed by atoms with Crippen LogP contribution in [-0.4, -0.2) is 34.5 Å². The zero-order valence-electron chi connectivity index (χ0n) is 10.2. The Bertz CT molecular complexity index is 295. The maximum atomic E-state index is 11.9. The second-order valence-corrected chi connectivity index (χ2v) is 5.27. The molecule has 1 heterocycles. The van der Waals surface area contributed by atoms with E-state index in [1.54, 1.807) is 0 Å². The normalized spacial score (nSPS) is 27.9. The van der Waals surface area contributed by atoms with E-state index in [4.69, 9.17) is 5.11 Å². The van der Waals surface area contributed by atoms with Gasteiger partial charge in [0.25, 0.3) is 0 Å². The standard InChI is InChI=1S/C13H21NO3/c15-12-8-7-10(13(16)17)9-14(12)11-5-3-1-2-4-6-11/h10-11H,1-9H2,(H,16,17)/t10-/m1/s1. The first kappa shape index (κ1) is 12.4. The molecule has 4 heteroatoms. The summed E-state index contributed by atoms with van der Waals surface area (Å²) in [6.07, 6.45) is 7.88. The number of aliphatic carboxylic acids is 1. The van der Waals surface area contributed by atoms with Crippen molar-refractivity contribution < 1.29 is 14.7 Å². The summed E-state index contributed by atoms with van der Waals surface area (Å²) in [4.78, 5) is 24.8. The van der Waals surface area contributed by atoms with Gasteiger partial charge in [-0.15, -0.1) is 0 Å². The van der Waals surface area contributed by atoms with Crippen molar-refractivity contribution in [1.29, 1.82) is 0 Å². The number of piperidine rings is 1. The number of hydrogen-bond acceptors (Lipinski definition) is 2. The van der Waals surface area contributed by atoms with Gasteiger partial charge in [-0.25, -0.2) is 0 Å². The summed E-state index contributed by atoms with van der Waals surface area (Å²) < 4.78 is 0. The predicted octanol–water partition coefficient (Wildman–Crippen LogP) is 2.03. The number of carbonyl (C=O) groups is 2. The van der Waals surface area contributed by atoms with Gasteiger partial charge in [0.05, 0.1) is 5.92 Å².